The third-order valence-electron chi connectivity index (χ3n) is 3.83. The number of aromatic nitrogens is 1. The van der Waals surface area contributed by atoms with Gasteiger partial charge in [0.15, 0.2) is 11.5 Å². The summed E-state index contributed by atoms with van der Waals surface area (Å²) in [7, 11) is -2.47. The summed E-state index contributed by atoms with van der Waals surface area (Å²) in [6, 6.07) is 17.1. The first-order valence-electron chi connectivity index (χ1n) is 8.26. The number of nitrogens with zero attached hydrogens (tertiary/aromatic N) is 1. The average molecular weight is 381 g/mol. The van der Waals surface area contributed by atoms with E-state index in [4.69, 9.17) is 8.92 Å². The molecule has 0 radical (unpaired) electrons. The third-order valence-corrected chi connectivity index (χ3v) is 5.08. The standard InChI is InChI=1S/C21H19NO4S/c1-16-6-11-19(12-7-16)27(23,24)26-20-13-9-17(15-21(20)25-2)8-10-18-5-3-4-14-22-18/h3-15H,1-2H3/b10-8+. The van der Waals surface area contributed by atoms with E-state index in [1.807, 2.05) is 37.3 Å². The van der Waals surface area contributed by atoms with Crippen molar-refractivity contribution in [3.63, 3.8) is 0 Å². The van der Waals surface area contributed by atoms with Gasteiger partial charge in [-0.3, -0.25) is 4.98 Å². The number of hydrogen-bond donors (Lipinski definition) is 0. The molecule has 0 amide bonds. The summed E-state index contributed by atoms with van der Waals surface area (Å²) < 4.78 is 35.5. The molecule has 0 saturated heterocycles. The van der Waals surface area contributed by atoms with Crippen LogP contribution in [0.5, 0.6) is 11.5 Å². The Balaban J connectivity index is 1.84. The normalized spacial score (nSPS) is 11.5. The molecule has 1 heterocycles. The van der Waals surface area contributed by atoms with Crippen molar-refractivity contribution in [2.24, 2.45) is 0 Å². The van der Waals surface area contributed by atoms with Crippen LogP contribution in [0.4, 0.5) is 0 Å². The van der Waals surface area contributed by atoms with Gasteiger partial charge < -0.3 is 8.92 Å². The van der Waals surface area contributed by atoms with Gasteiger partial charge in [-0.05, 0) is 55.0 Å². The van der Waals surface area contributed by atoms with Gasteiger partial charge in [0.2, 0.25) is 0 Å². The van der Waals surface area contributed by atoms with Crippen LogP contribution in [0.25, 0.3) is 12.2 Å². The van der Waals surface area contributed by atoms with Crippen LogP contribution in [-0.4, -0.2) is 20.5 Å². The summed E-state index contributed by atoms with van der Waals surface area (Å²) in [4.78, 5) is 4.31. The van der Waals surface area contributed by atoms with Gasteiger partial charge in [0.25, 0.3) is 0 Å². The lowest BCUT2D eigenvalue weighted by Gasteiger charge is -2.11. The molecule has 138 valence electrons. The number of ether oxygens (including phenoxy) is 1. The lowest BCUT2D eigenvalue weighted by atomic mass is 10.1. The lowest BCUT2D eigenvalue weighted by Crippen LogP contribution is -2.10. The minimum atomic E-state index is -3.94. The monoisotopic (exact) mass is 381 g/mol. The molecule has 27 heavy (non-hydrogen) atoms. The molecule has 0 fully saturated rings. The molecule has 2 aromatic carbocycles. The minimum absolute atomic E-state index is 0.0919. The molecule has 0 bridgehead atoms. The second-order valence-electron chi connectivity index (χ2n) is 5.85. The molecule has 0 aliphatic heterocycles. The highest BCUT2D eigenvalue weighted by Gasteiger charge is 2.19. The summed E-state index contributed by atoms with van der Waals surface area (Å²) in [5.41, 5.74) is 2.62. The van der Waals surface area contributed by atoms with Crippen molar-refractivity contribution in [2.45, 2.75) is 11.8 Å². The number of pyridine rings is 1. The Labute approximate surface area is 159 Å². The van der Waals surface area contributed by atoms with Crippen molar-refractivity contribution in [1.29, 1.82) is 0 Å². The predicted octanol–water partition coefficient (Wildman–Crippen LogP) is 4.34. The zero-order valence-corrected chi connectivity index (χ0v) is 15.8. The SMILES string of the molecule is COc1cc(/C=C/c2ccccn2)ccc1OS(=O)(=O)c1ccc(C)cc1. The van der Waals surface area contributed by atoms with Gasteiger partial charge in [0, 0.05) is 6.20 Å². The maximum absolute atomic E-state index is 12.5. The van der Waals surface area contributed by atoms with E-state index in [0.29, 0.717) is 5.75 Å². The Hall–Kier alpha value is -3.12. The molecule has 0 unspecified atom stereocenters. The van der Waals surface area contributed by atoms with Crippen LogP contribution in [0.1, 0.15) is 16.8 Å². The molecule has 6 heteroatoms. The van der Waals surface area contributed by atoms with Crippen LogP contribution >= 0.6 is 0 Å². The van der Waals surface area contributed by atoms with Crippen LogP contribution in [0.15, 0.2) is 71.8 Å². The molecular weight excluding hydrogens is 362 g/mol. The van der Waals surface area contributed by atoms with Crippen LogP contribution in [0.3, 0.4) is 0 Å². The molecule has 0 N–H and O–H groups in total. The van der Waals surface area contributed by atoms with Gasteiger partial charge in [-0.1, -0.05) is 35.9 Å². The quantitative estimate of drug-likeness (QED) is 0.595. The summed E-state index contributed by atoms with van der Waals surface area (Å²) in [5, 5.41) is 0. The van der Waals surface area contributed by atoms with Crippen molar-refractivity contribution >= 4 is 22.3 Å². The first-order valence-corrected chi connectivity index (χ1v) is 9.67. The Bertz CT molecular complexity index is 1040. The molecule has 0 spiro atoms. The molecular formula is C21H19NO4S. The zero-order valence-electron chi connectivity index (χ0n) is 15.0. The topological polar surface area (TPSA) is 65.5 Å². The van der Waals surface area contributed by atoms with E-state index < -0.39 is 10.1 Å². The van der Waals surface area contributed by atoms with Crippen LogP contribution in [0, 0.1) is 6.92 Å². The molecule has 0 aliphatic rings. The van der Waals surface area contributed by atoms with Gasteiger partial charge in [-0.25, -0.2) is 0 Å². The first kappa shape index (κ1) is 18.7. The summed E-state index contributed by atoms with van der Waals surface area (Å²) >= 11 is 0. The van der Waals surface area contributed by atoms with E-state index in [-0.39, 0.29) is 10.6 Å². The highest BCUT2D eigenvalue weighted by Crippen LogP contribution is 2.31. The van der Waals surface area contributed by atoms with Crippen molar-refractivity contribution < 1.29 is 17.3 Å². The van der Waals surface area contributed by atoms with Crippen molar-refractivity contribution in [2.75, 3.05) is 7.11 Å². The number of methoxy groups -OCH3 is 1. The number of rotatable bonds is 6. The highest BCUT2D eigenvalue weighted by molar-refractivity contribution is 7.87. The largest absolute Gasteiger partial charge is 0.493 e. The fourth-order valence-corrected chi connectivity index (χ4v) is 3.32. The molecule has 0 atom stereocenters. The molecule has 1 aromatic heterocycles. The zero-order chi connectivity index (χ0) is 19.3. The number of aryl methyl sites for hydroxylation is 1. The summed E-state index contributed by atoms with van der Waals surface area (Å²) in [6.07, 6.45) is 5.44. The van der Waals surface area contributed by atoms with E-state index in [1.165, 1.54) is 19.2 Å². The van der Waals surface area contributed by atoms with Crippen LogP contribution in [-0.2, 0) is 10.1 Å². The van der Waals surface area contributed by atoms with E-state index >= 15 is 0 Å². The average Bonchev–Trinajstić information content (AvgIpc) is 2.68. The van der Waals surface area contributed by atoms with Crippen molar-refractivity contribution in [3.8, 4) is 11.5 Å². The Morgan fingerprint density at radius 2 is 1.70 bits per heavy atom. The second-order valence-corrected chi connectivity index (χ2v) is 7.40. The van der Waals surface area contributed by atoms with E-state index in [9.17, 15) is 8.42 Å². The molecule has 3 aromatic rings. The predicted molar refractivity (Wildman–Crippen MR) is 105 cm³/mol. The molecule has 5 nitrogen and oxygen atoms in total. The van der Waals surface area contributed by atoms with Gasteiger partial charge in [0.1, 0.15) is 4.90 Å². The van der Waals surface area contributed by atoms with Crippen LogP contribution < -0.4 is 8.92 Å². The number of hydrogen-bond acceptors (Lipinski definition) is 5. The fourth-order valence-electron chi connectivity index (χ4n) is 2.38. The van der Waals surface area contributed by atoms with E-state index in [1.54, 1.807) is 36.5 Å². The van der Waals surface area contributed by atoms with Crippen molar-refractivity contribution in [1.82, 2.24) is 4.98 Å². The Kier molecular flexibility index (Phi) is 5.57. The minimum Gasteiger partial charge on any atom is -0.493 e. The Morgan fingerprint density at radius 3 is 2.37 bits per heavy atom. The lowest BCUT2D eigenvalue weighted by molar-refractivity contribution is 0.390. The maximum atomic E-state index is 12.5. The second kappa shape index (κ2) is 8.05. The van der Waals surface area contributed by atoms with Crippen molar-refractivity contribution in [3.05, 3.63) is 83.7 Å². The smallest absolute Gasteiger partial charge is 0.339 e. The molecule has 0 aliphatic carbocycles. The van der Waals surface area contributed by atoms with E-state index in [2.05, 4.69) is 4.98 Å². The molecule has 0 saturated carbocycles. The highest BCUT2D eigenvalue weighted by atomic mass is 32.2. The molecule has 3 rings (SSSR count). The van der Waals surface area contributed by atoms with Crippen LogP contribution in [0.2, 0.25) is 0 Å². The van der Waals surface area contributed by atoms with E-state index in [0.717, 1.165) is 16.8 Å². The maximum Gasteiger partial charge on any atom is 0.339 e. The van der Waals surface area contributed by atoms with Gasteiger partial charge in [0.05, 0.1) is 12.8 Å². The van der Waals surface area contributed by atoms with Gasteiger partial charge in [-0.2, -0.15) is 8.42 Å². The first-order chi connectivity index (χ1) is 13.0. The third kappa shape index (κ3) is 4.74. The van der Waals surface area contributed by atoms with Gasteiger partial charge in [-0.15, -0.1) is 0 Å². The fraction of sp³-hybridized carbons (Fsp3) is 0.0952. The van der Waals surface area contributed by atoms with Gasteiger partial charge >= 0.3 is 10.1 Å². The Morgan fingerprint density at radius 1 is 0.926 bits per heavy atom. The summed E-state index contributed by atoms with van der Waals surface area (Å²) in [5.74, 6) is 0.460. The number of benzene rings is 2. The summed E-state index contributed by atoms with van der Waals surface area (Å²) in [6.45, 7) is 1.89.